The Hall–Kier alpha value is -1.89. The normalized spacial score (nSPS) is 12.4. The van der Waals surface area contributed by atoms with Crippen LogP contribution in [0.1, 0.15) is 37.5 Å². The molecular formula is C14H21N5OS. The summed E-state index contributed by atoms with van der Waals surface area (Å²) in [5, 5.41) is 11.9. The fraction of sp³-hybridized carbons (Fsp3) is 0.500. The molecule has 2 heterocycles. The van der Waals surface area contributed by atoms with Gasteiger partial charge in [0, 0.05) is 23.4 Å². The minimum absolute atomic E-state index is 0.0527. The van der Waals surface area contributed by atoms with Crippen LogP contribution in [0.3, 0.4) is 0 Å². The summed E-state index contributed by atoms with van der Waals surface area (Å²) in [6, 6.07) is 4.07. The number of carbonyl (C=O) groups is 1. The number of nitrogens with one attached hydrogen (secondary N) is 2. The summed E-state index contributed by atoms with van der Waals surface area (Å²) in [6.45, 7) is 7.89. The van der Waals surface area contributed by atoms with Crippen molar-refractivity contribution in [3.05, 3.63) is 28.2 Å². The van der Waals surface area contributed by atoms with E-state index in [2.05, 4.69) is 26.8 Å². The lowest BCUT2D eigenvalue weighted by molar-refractivity contribution is 0.249. The fourth-order valence-electron chi connectivity index (χ4n) is 2.09. The maximum Gasteiger partial charge on any atom is 0.321 e. The van der Waals surface area contributed by atoms with Gasteiger partial charge in [-0.25, -0.2) is 9.48 Å². The smallest absolute Gasteiger partial charge is 0.321 e. The van der Waals surface area contributed by atoms with Crippen molar-refractivity contribution in [3.8, 4) is 0 Å². The Balaban J connectivity index is 1.88. The molecule has 0 spiro atoms. The molecule has 0 saturated carbocycles. The van der Waals surface area contributed by atoms with Crippen molar-refractivity contribution in [2.45, 2.75) is 46.2 Å². The summed E-state index contributed by atoms with van der Waals surface area (Å²) < 4.78 is 1.78. The Morgan fingerprint density at radius 1 is 1.43 bits per heavy atom. The standard InChI is InChI=1S/C14H21N5OS/c1-9(2)19-11(4)16-13(18-19)17-14(20)15-10(3)8-12-6-5-7-21-12/h5-7,9-10H,8H2,1-4H3,(H2,15,17,18,20). The van der Waals surface area contributed by atoms with Crippen LogP contribution in [0.4, 0.5) is 10.7 Å². The van der Waals surface area contributed by atoms with E-state index in [1.54, 1.807) is 16.0 Å². The van der Waals surface area contributed by atoms with E-state index in [1.165, 1.54) is 4.88 Å². The van der Waals surface area contributed by atoms with Gasteiger partial charge in [0.2, 0.25) is 5.95 Å². The molecule has 0 bridgehead atoms. The first kappa shape index (κ1) is 15.5. The molecule has 1 unspecified atom stereocenters. The van der Waals surface area contributed by atoms with E-state index in [0.717, 1.165) is 12.2 Å². The average Bonchev–Trinajstić information content (AvgIpc) is 2.98. The molecule has 0 aliphatic carbocycles. The van der Waals surface area contributed by atoms with Crippen molar-refractivity contribution in [1.29, 1.82) is 0 Å². The molecule has 0 radical (unpaired) electrons. The van der Waals surface area contributed by atoms with E-state index in [0.29, 0.717) is 5.95 Å². The van der Waals surface area contributed by atoms with E-state index in [9.17, 15) is 4.79 Å². The summed E-state index contributed by atoms with van der Waals surface area (Å²) in [6.07, 6.45) is 0.817. The number of nitrogens with zero attached hydrogens (tertiary/aromatic N) is 3. The topological polar surface area (TPSA) is 71.8 Å². The molecule has 0 saturated heterocycles. The molecule has 6 nitrogen and oxygen atoms in total. The first-order valence-electron chi connectivity index (χ1n) is 6.98. The number of hydrogen-bond acceptors (Lipinski definition) is 4. The van der Waals surface area contributed by atoms with Crippen LogP contribution in [-0.4, -0.2) is 26.8 Å². The van der Waals surface area contributed by atoms with Gasteiger partial charge in [0.05, 0.1) is 0 Å². The Bertz CT molecular complexity index is 591. The highest BCUT2D eigenvalue weighted by molar-refractivity contribution is 7.09. The zero-order valence-corrected chi connectivity index (χ0v) is 13.6. The second-order valence-electron chi connectivity index (χ2n) is 5.30. The van der Waals surface area contributed by atoms with E-state index in [4.69, 9.17) is 0 Å². The third-order valence-corrected chi connectivity index (χ3v) is 3.88. The maximum atomic E-state index is 11.9. The van der Waals surface area contributed by atoms with Gasteiger partial charge in [0.1, 0.15) is 5.82 Å². The minimum atomic E-state index is -0.278. The summed E-state index contributed by atoms with van der Waals surface area (Å²) in [4.78, 5) is 17.4. The molecule has 2 rings (SSSR count). The van der Waals surface area contributed by atoms with Gasteiger partial charge < -0.3 is 5.32 Å². The van der Waals surface area contributed by atoms with Gasteiger partial charge in [-0.1, -0.05) is 6.07 Å². The molecule has 114 valence electrons. The number of carbonyl (C=O) groups excluding carboxylic acids is 1. The van der Waals surface area contributed by atoms with Gasteiger partial charge in [-0.3, -0.25) is 5.32 Å². The lowest BCUT2D eigenvalue weighted by atomic mass is 10.2. The number of hydrogen-bond donors (Lipinski definition) is 2. The van der Waals surface area contributed by atoms with E-state index in [1.807, 2.05) is 39.1 Å². The van der Waals surface area contributed by atoms with Gasteiger partial charge in [-0.15, -0.1) is 16.4 Å². The lowest BCUT2D eigenvalue weighted by Crippen LogP contribution is -2.37. The molecule has 0 aromatic carbocycles. The number of amides is 2. The summed E-state index contributed by atoms with van der Waals surface area (Å²) in [5.41, 5.74) is 0. The van der Waals surface area contributed by atoms with Crippen LogP contribution in [-0.2, 0) is 6.42 Å². The van der Waals surface area contributed by atoms with Crippen LogP contribution in [0.15, 0.2) is 17.5 Å². The Kier molecular flexibility index (Phi) is 4.95. The average molecular weight is 307 g/mol. The highest BCUT2D eigenvalue weighted by Crippen LogP contribution is 2.11. The number of anilines is 1. The van der Waals surface area contributed by atoms with Crippen LogP contribution >= 0.6 is 11.3 Å². The van der Waals surface area contributed by atoms with Crippen molar-refractivity contribution in [3.63, 3.8) is 0 Å². The van der Waals surface area contributed by atoms with Crippen LogP contribution in [0.5, 0.6) is 0 Å². The summed E-state index contributed by atoms with van der Waals surface area (Å²) in [7, 11) is 0. The second kappa shape index (κ2) is 6.71. The fourth-order valence-corrected chi connectivity index (χ4v) is 2.92. The third kappa shape index (κ3) is 4.29. The van der Waals surface area contributed by atoms with Crippen LogP contribution in [0.25, 0.3) is 0 Å². The van der Waals surface area contributed by atoms with Gasteiger partial charge >= 0.3 is 6.03 Å². The SMILES string of the molecule is Cc1nc(NC(=O)NC(C)Cc2cccs2)nn1C(C)C. The molecule has 2 amide bonds. The minimum Gasteiger partial charge on any atom is -0.335 e. The van der Waals surface area contributed by atoms with Crippen molar-refractivity contribution in [1.82, 2.24) is 20.1 Å². The molecule has 21 heavy (non-hydrogen) atoms. The van der Waals surface area contributed by atoms with Gasteiger partial charge in [-0.2, -0.15) is 4.98 Å². The van der Waals surface area contributed by atoms with Crippen molar-refractivity contribution < 1.29 is 4.79 Å². The quantitative estimate of drug-likeness (QED) is 0.892. The van der Waals surface area contributed by atoms with Crippen molar-refractivity contribution in [2.24, 2.45) is 0 Å². The van der Waals surface area contributed by atoms with Crippen LogP contribution < -0.4 is 10.6 Å². The molecular weight excluding hydrogens is 286 g/mol. The van der Waals surface area contributed by atoms with Gasteiger partial charge in [0.15, 0.2) is 0 Å². The van der Waals surface area contributed by atoms with Crippen LogP contribution in [0.2, 0.25) is 0 Å². The zero-order chi connectivity index (χ0) is 15.4. The van der Waals surface area contributed by atoms with Gasteiger partial charge in [-0.05, 0) is 39.1 Å². The second-order valence-corrected chi connectivity index (χ2v) is 6.34. The van der Waals surface area contributed by atoms with Crippen LogP contribution in [0, 0.1) is 6.92 Å². The van der Waals surface area contributed by atoms with Gasteiger partial charge in [0.25, 0.3) is 0 Å². The Morgan fingerprint density at radius 3 is 2.76 bits per heavy atom. The third-order valence-electron chi connectivity index (χ3n) is 2.98. The van der Waals surface area contributed by atoms with E-state index >= 15 is 0 Å². The number of thiophene rings is 1. The Morgan fingerprint density at radius 2 is 2.19 bits per heavy atom. The zero-order valence-electron chi connectivity index (χ0n) is 12.8. The van der Waals surface area contributed by atoms with E-state index < -0.39 is 0 Å². The first-order chi connectivity index (χ1) is 9.95. The van der Waals surface area contributed by atoms with Crippen molar-refractivity contribution >= 4 is 23.3 Å². The molecule has 1 atom stereocenters. The van der Waals surface area contributed by atoms with E-state index in [-0.39, 0.29) is 18.1 Å². The number of rotatable bonds is 5. The molecule has 2 aromatic heterocycles. The lowest BCUT2D eigenvalue weighted by Gasteiger charge is -2.12. The number of urea groups is 1. The largest absolute Gasteiger partial charge is 0.335 e. The number of aromatic nitrogens is 3. The first-order valence-corrected chi connectivity index (χ1v) is 7.86. The molecule has 0 aliphatic rings. The summed E-state index contributed by atoms with van der Waals surface area (Å²) >= 11 is 1.69. The molecule has 0 aliphatic heterocycles. The molecule has 2 N–H and O–H groups in total. The molecule has 7 heteroatoms. The number of aryl methyl sites for hydroxylation is 1. The monoisotopic (exact) mass is 307 g/mol. The molecule has 0 fully saturated rings. The highest BCUT2D eigenvalue weighted by atomic mass is 32.1. The predicted octanol–water partition coefficient (Wildman–Crippen LogP) is 2.98. The predicted molar refractivity (Wildman–Crippen MR) is 84.8 cm³/mol. The molecule has 2 aromatic rings. The van der Waals surface area contributed by atoms with Crippen molar-refractivity contribution in [2.75, 3.05) is 5.32 Å². The Labute approximate surface area is 128 Å². The maximum absolute atomic E-state index is 11.9. The summed E-state index contributed by atoms with van der Waals surface area (Å²) in [5.74, 6) is 1.12. The highest BCUT2D eigenvalue weighted by Gasteiger charge is 2.13.